The molecule has 0 saturated carbocycles. The number of aliphatic carboxylic acids is 1. The Balaban J connectivity index is 5.03. The first-order valence-corrected chi connectivity index (χ1v) is 10.2. The lowest BCUT2D eigenvalue weighted by molar-refractivity contribution is -0.141. The summed E-state index contributed by atoms with van der Waals surface area (Å²) in [6.07, 6.45) is 1.52. The average molecular weight is 446 g/mol. The molecule has 178 valence electrons. The molecule has 0 aromatic carbocycles. The largest absolute Gasteiger partial charge is 0.480 e. The van der Waals surface area contributed by atoms with E-state index in [0.717, 1.165) is 0 Å². The Bertz CT molecular complexity index is 641. The minimum Gasteiger partial charge on any atom is -0.480 e. The Morgan fingerprint density at radius 1 is 0.742 bits per heavy atom. The summed E-state index contributed by atoms with van der Waals surface area (Å²) >= 11 is 0. The summed E-state index contributed by atoms with van der Waals surface area (Å²) in [7, 11) is 0. The number of aliphatic hydroxyl groups excluding tert-OH is 1. The van der Waals surface area contributed by atoms with Crippen molar-refractivity contribution in [3.05, 3.63) is 0 Å². The fourth-order valence-electron chi connectivity index (χ4n) is 2.35. The van der Waals surface area contributed by atoms with Gasteiger partial charge >= 0.3 is 5.97 Å². The van der Waals surface area contributed by atoms with E-state index in [-0.39, 0.29) is 11.8 Å². The van der Waals surface area contributed by atoms with Gasteiger partial charge in [-0.15, -0.1) is 0 Å². The lowest BCUT2D eigenvalue weighted by Gasteiger charge is -2.24. The second kappa shape index (κ2) is 14.3. The third kappa shape index (κ3) is 10.7. The molecule has 0 fully saturated rings. The van der Waals surface area contributed by atoms with Gasteiger partial charge in [0.1, 0.15) is 24.2 Å². The van der Waals surface area contributed by atoms with Gasteiger partial charge in [-0.2, -0.15) is 0 Å². The predicted molar refractivity (Wildman–Crippen MR) is 112 cm³/mol. The number of carboxylic acid groups (broad SMARTS) is 1. The molecule has 0 rings (SSSR count). The molecule has 31 heavy (non-hydrogen) atoms. The van der Waals surface area contributed by atoms with Crippen LogP contribution in [0.4, 0.5) is 0 Å². The zero-order valence-electron chi connectivity index (χ0n) is 18.4. The molecule has 0 aliphatic rings. The van der Waals surface area contributed by atoms with Crippen molar-refractivity contribution >= 4 is 29.6 Å². The van der Waals surface area contributed by atoms with E-state index in [9.17, 15) is 29.1 Å². The highest BCUT2D eigenvalue weighted by Crippen LogP contribution is 2.04. The van der Waals surface area contributed by atoms with E-state index in [1.165, 1.54) is 13.8 Å². The molecule has 0 heterocycles. The van der Waals surface area contributed by atoms with Crippen LogP contribution in [0.5, 0.6) is 0 Å². The Morgan fingerprint density at radius 3 is 1.74 bits per heavy atom. The van der Waals surface area contributed by atoms with E-state index >= 15 is 0 Å². The van der Waals surface area contributed by atoms with Gasteiger partial charge in [0, 0.05) is 5.92 Å². The summed E-state index contributed by atoms with van der Waals surface area (Å²) in [4.78, 5) is 59.8. The zero-order valence-corrected chi connectivity index (χ0v) is 18.4. The van der Waals surface area contributed by atoms with Gasteiger partial charge in [-0.3, -0.25) is 24.0 Å². The number of carbonyl (C=O) groups is 5. The van der Waals surface area contributed by atoms with Crippen LogP contribution in [0.15, 0.2) is 0 Å². The number of amides is 4. The second-order valence-electron chi connectivity index (χ2n) is 7.54. The van der Waals surface area contributed by atoms with Crippen molar-refractivity contribution in [2.45, 2.75) is 71.1 Å². The maximum absolute atomic E-state index is 12.6. The summed E-state index contributed by atoms with van der Waals surface area (Å²) in [5.74, 6) is -4.16. The molecule has 12 nitrogen and oxygen atoms in total. The average Bonchev–Trinajstić information content (AvgIpc) is 2.70. The maximum Gasteiger partial charge on any atom is 0.325 e. The summed E-state index contributed by atoms with van der Waals surface area (Å²) in [6, 6.07) is -4.55. The number of aliphatic hydroxyl groups is 1. The molecule has 0 aliphatic carbocycles. The molecule has 4 amide bonds. The van der Waals surface area contributed by atoms with E-state index < -0.39 is 54.5 Å². The van der Waals surface area contributed by atoms with Crippen LogP contribution in [0.3, 0.4) is 0 Å². The highest BCUT2D eigenvalue weighted by atomic mass is 16.4. The number of nitrogens with two attached hydrogens (primary N) is 1. The molecule has 0 aromatic heterocycles. The van der Waals surface area contributed by atoms with Gasteiger partial charge < -0.3 is 37.2 Å². The number of rotatable bonds is 14. The van der Waals surface area contributed by atoms with Gasteiger partial charge in [-0.05, 0) is 39.7 Å². The SMILES string of the molecule is CC(C)C(=O)N[C@@H](CCCCN)C(=O)N[C@@H](CO)C(=O)N[C@@H](C)C(=O)N[C@@H](C)C(=O)O. The molecule has 0 aliphatic heterocycles. The smallest absolute Gasteiger partial charge is 0.325 e. The van der Waals surface area contributed by atoms with Crippen molar-refractivity contribution < 1.29 is 34.2 Å². The fourth-order valence-corrected chi connectivity index (χ4v) is 2.35. The first-order chi connectivity index (χ1) is 14.4. The van der Waals surface area contributed by atoms with Crippen LogP contribution in [0, 0.1) is 5.92 Å². The van der Waals surface area contributed by atoms with Crippen molar-refractivity contribution in [3.63, 3.8) is 0 Å². The first-order valence-electron chi connectivity index (χ1n) is 10.2. The van der Waals surface area contributed by atoms with E-state index in [1.807, 2.05) is 0 Å². The van der Waals surface area contributed by atoms with Crippen LogP contribution >= 0.6 is 0 Å². The summed E-state index contributed by atoms with van der Waals surface area (Å²) in [5, 5.41) is 27.8. The minimum atomic E-state index is -1.37. The zero-order chi connectivity index (χ0) is 24.1. The Kier molecular flexibility index (Phi) is 13.0. The van der Waals surface area contributed by atoms with Crippen molar-refractivity contribution in [1.29, 1.82) is 0 Å². The van der Waals surface area contributed by atoms with Crippen LogP contribution in [0.2, 0.25) is 0 Å². The molecule has 0 radical (unpaired) electrons. The highest BCUT2D eigenvalue weighted by Gasteiger charge is 2.28. The molecule has 0 spiro atoms. The maximum atomic E-state index is 12.6. The molecule has 8 N–H and O–H groups in total. The van der Waals surface area contributed by atoms with Crippen LogP contribution < -0.4 is 27.0 Å². The van der Waals surface area contributed by atoms with Crippen LogP contribution in [0.1, 0.15) is 47.0 Å². The summed E-state index contributed by atoms with van der Waals surface area (Å²) in [6.45, 7) is 5.62. The van der Waals surface area contributed by atoms with Crippen molar-refractivity contribution in [3.8, 4) is 0 Å². The number of nitrogens with one attached hydrogen (secondary N) is 4. The lowest BCUT2D eigenvalue weighted by Crippen LogP contribution is -2.58. The van der Waals surface area contributed by atoms with Gasteiger partial charge in [0.15, 0.2) is 0 Å². The van der Waals surface area contributed by atoms with Gasteiger partial charge in [0.05, 0.1) is 6.61 Å². The third-order valence-corrected chi connectivity index (χ3v) is 4.40. The van der Waals surface area contributed by atoms with E-state index in [2.05, 4.69) is 21.3 Å². The first kappa shape index (κ1) is 28.3. The quantitative estimate of drug-likeness (QED) is 0.146. The van der Waals surface area contributed by atoms with Crippen molar-refractivity contribution in [1.82, 2.24) is 21.3 Å². The fraction of sp³-hybridized carbons (Fsp3) is 0.737. The Hall–Kier alpha value is -2.73. The molecule has 0 aromatic rings. The van der Waals surface area contributed by atoms with E-state index in [1.54, 1.807) is 13.8 Å². The van der Waals surface area contributed by atoms with Crippen LogP contribution in [-0.4, -0.2) is 77.1 Å². The Labute approximate surface area is 181 Å². The Morgan fingerprint density at radius 2 is 1.26 bits per heavy atom. The number of hydrogen-bond donors (Lipinski definition) is 7. The van der Waals surface area contributed by atoms with E-state index in [0.29, 0.717) is 25.8 Å². The topological polar surface area (TPSA) is 200 Å². The minimum absolute atomic E-state index is 0.299. The van der Waals surface area contributed by atoms with Crippen LogP contribution in [0.25, 0.3) is 0 Å². The summed E-state index contributed by atoms with van der Waals surface area (Å²) < 4.78 is 0. The molecular weight excluding hydrogens is 410 g/mol. The third-order valence-electron chi connectivity index (χ3n) is 4.40. The molecule has 0 saturated heterocycles. The van der Waals surface area contributed by atoms with E-state index in [4.69, 9.17) is 10.8 Å². The number of unbranched alkanes of at least 4 members (excludes halogenated alkanes) is 1. The van der Waals surface area contributed by atoms with Gasteiger partial charge in [-0.25, -0.2) is 0 Å². The molecular formula is C19H35N5O7. The summed E-state index contributed by atoms with van der Waals surface area (Å²) in [5.41, 5.74) is 5.46. The molecule has 4 atom stereocenters. The number of carbonyl (C=O) groups excluding carboxylic acids is 4. The van der Waals surface area contributed by atoms with Gasteiger partial charge in [0.25, 0.3) is 0 Å². The molecule has 0 bridgehead atoms. The van der Waals surface area contributed by atoms with Crippen molar-refractivity contribution in [2.24, 2.45) is 11.7 Å². The number of hydrogen-bond acceptors (Lipinski definition) is 7. The van der Waals surface area contributed by atoms with Crippen molar-refractivity contribution in [2.75, 3.05) is 13.2 Å². The van der Waals surface area contributed by atoms with Gasteiger partial charge in [-0.1, -0.05) is 13.8 Å². The lowest BCUT2D eigenvalue weighted by atomic mass is 10.1. The standard InChI is InChI=1S/C19H35N5O7/c1-10(2)15(26)23-13(7-5-6-8-20)17(28)24-14(9-25)18(29)21-11(3)16(27)22-12(4)19(30)31/h10-14,25H,5-9,20H2,1-4H3,(H,21,29)(H,22,27)(H,23,26)(H,24,28)(H,30,31)/t11-,12-,13-,14-/m0/s1. The molecule has 12 heteroatoms. The van der Waals surface area contributed by atoms with Gasteiger partial charge in [0.2, 0.25) is 23.6 Å². The van der Waals surface area contributed by atoms with Crippen LogP contribution in [-0.2, 0) is 24.0 Å². The normalized spacial score (nSPS) is 14.7. The number of carboxylic acids is 1. The monoisotopic (exact) mass is 445 g/mol. The second-order valence-corrected chi connectivity index (χ2v) is 7.54. The predicted octanol–water partition coefficient (Wildman–Crippen LogP) is -2.17. The molecule has 0 unspecified atom stereocenters. The highest BCUT2D eigenvalue weighted by molar-refractivity contribution is 5.95.